The average Bonchev–Trinajstić information content (AvgIpc) is 3.18. The van der Waals surface area contributed by atoms with Crippen molar-refractivity contribution in [2.75, 3.05) is 26.7 Å². The van der Waals surface area contributed by atoms with Gasteiger partial charge in [-0.3, -0.25) is 0 Å². The largest absolute Gasteiger partial charge is 0.464 e. The van der Waals surface area contributed by atoms with Gasteiger partial charge in [-0.1, -0.05) is 6.92 Å². The average molecular weight is 315 g/mol. The second-order valence-corrected chi connectivity index (χ2v) is 7.32. The summed E-state index contributed by atoms with van der Waals surface area (Å²) in [6, 6.07) is 2.19. The lowest BCUT2D eigenvalue weighted by atomic mass is 10.4. The van der Waals surface area contributed by atoms with E-state index in [0.717, 1.165) is 6.54 Å². The summed E-state index contributed by atoms with van der Waals surface area (Å²) >= 11 is 0. The van der Waals surface area contributed by atoms with E-state index >= 15 is 0 Å². The summed E-state index contributed by atoms with van der Waals surface area (Å²) in [5.41, 5.74) is 0. The molecule has 6 nitrogen and oxygen atoms in total. The third-order valence-corrected chi connectivity index (χ3v) is 5.25. The zero-order valence-corrected chi connectivity index (χ0v) is 13.8. The van der Waals surface area contributed by atoms with Crippen molar-refractivity contribution in [2.45, 2.75) is 44.2 Å². The van der Waals surface area contributed by atoms with Crippen LogP contribution in [0.5, 0.6) is 0 Å². The van der Waals surface area contributed by atoms with Crippen molar-refractivity contribution in [3.8, 4) is 0 Å². The van der Waals surface area contributed by atoms with E-state index in [1.165, 1.54) is 12.8 Å². The first-order valence-corrected chi connectivity index (χ1v) is 8.91. The monoisotopic (exact) mass is 315 g/mol. The molecule has 2 rings (SSSR count). The van der Waals surface area contributed by atoms with Gasteiger partial charge < -0.3 is 14.6 Å². The molecule has 0 aromatic carbocycles. The van der Waals surface area contributed by atoms with Crippen molar-refractivity contribution < 1.29 is 12.8 Å². The molecule has 1 aromatic rings. The molecule has 0 amide bonds. The van der Waals surface area contributed by atoms with Gasteiger partial charge in [0.15, 0.2) is 0 Å². The summed E-state index contributed by atoms with van der Waals surface area (Å²) in [4.78, 5) is 2.30. The molecule has 0 atom stereocenters. The number of aryl methyl sites for hydroxylation is 1. The topological polar surface area (TPSA) is 74.6 Å². The second kappa shape index (κ2) is 6.91. The van der Waals surface area contributed by atoms with Gasteiger partial charge >= 0.3 is 0 Å². The Labute approximate surface area is 126 Å². The van der Waals surface area contributed by atoms with Crippen LogP contribution in [-0.2, 0) is 16.6 Å². The number of nitrogens with zero attached hydrogens (tertiary/aromatic N) is 1. The standard InChI is InChI=1S/C14H25N3O3S/c1-4-17(3)8-7-16-21(18,19)14-9-13(20-11(14)2)10-15-12-5-6-12/h9,12,15-16H,4-8,10H2,1-3H3. The lowest BCUT2D eigenvalue weighted by Crippen LogP contribution is -2.33. The van der Waals surface area contributed by atoms with Crippen LogP contribution < -0.4 is 10.0 Å². The highest BCUT2D eigenvalue weighted by Crippen LogP contribution is 2.22. The van der Waals surface area contributed by atoms with Crippen LogP contribution in [0.1, 0.15) is 31.3 Å². The predicted molar refractivity (Wildman–Crippen MR) is 81.7 cm³/mol. The Bertz CT molecular complexity index is 564. The maximum absolute atomic E-state index is 12.3. The van der Waals surface area contributed by atoms with Crippen LogP contribution in [0.2, 0.25) is 0 Å². The number of furan rings is 1. The number of hydrogen-bond donors (Lipinski definition) is 2. The highest BCUT2D eigenvalue weighted by molar-refractivity contribution is 7.89. The van der Waals surface area contributed by atoms with Crippen molar-refractivity contribution in [2.24, 2.45) is 0 Å². The quantitative estimate of drug-likeness (QED) is 0.713. The summed E-state index contributed by atoms with van der Waals surface area (Å²) in [7, 11) is -1.54. The van der Waals surface area contributed by atoms with Gasteiger partial charge in [-0.2, -0.15) is 0 Å². The van der Waals surface area contributed by atoms with Crippen LogP contribution in [0.3, 0.4) is 0 Å². The smallest absolute Gasteiger partial charge is 0.244 e. The van der Waals surface area contributed by atoms with Crippen LogP contribution in [0.4, 0.5) is 0 Å². The van der Waals surface area contributed by atoms with Crippen LogP contribution in [0.15, 0.2) is 15.4 Å². The van der Waals surface area contributed by atoms with Gasteiger partial charge in [0, 0.05) is 25.2 Å². The number of nitrogens with one attached hydrogen (secondary N) is 2. The van der Waals surface area contributed by atoms with Gasteiger partial charge in [0.25, 0.3) is 0 Å². The van der Waals surface area contributed by atoms with Crippen LogP contribution in [-0.4, -0.2) is 46.0 Å². The van der Waals surface area contributed by atoms with Gasteiger partial charge in [0.05, 0.1) is 6.54 Å². The molecule has 1 aromatic heterocycles. The zero-order chi connectivity index (χ0) is 15.5. The third kappa shape index (κ3) is 4.81. The Balaban J connectivity index is 1.94. The Morgan fingerprint density at radius 1 is 1.43 bits per heavy atom. The Kier molecular flexibility index (Phi) is 5.43. The molecule has 2 N–H and O–H groups in total. The number of likely N-dealkylation sites (N-methyl/N-ethyl adjacent to an activating group) is 1. The predicted octanol–water partition coefficient (Wildman–Crippen LogP) is 1.07. The molecule has 1 aliphatic rings. The van der Waals surface area contributed by atoms with E-state index in [1.807, 2.05) is 14.0 Å². The summed E-state index contributed by atoms with van der Waals surface area (Å²) in [5, 5.41) is 3.31. The molecule has 0 bridgehead atoms. The van der Waals surface area contributed by atoms with Gasteiger partial charge in [-0.05, 0) is 33.4 Å². The van der Waals surface area contributed by atoms with E-state index in [2.05, 4.69) is 14.9 Å². The van der Waals surface area contributed by atoms with Crippen molar-refractivity contribution in [1.29, 1.82) is 0 Å². The molecule has 1 aliphatic carbocycles. The second-order valence-electron chi connectivity index (χ2n) is 5.58. The lowest BCUT2D eigenvalue weighted by molar-refractivity contribution is 0.358. The molecule has 1 fully saturated rings. The Morgan fingerprint density at radius 3 is 2.76 bits per heavy atom. The van der Waals surface area contributed by atoms with Crippen molar-refractivity contribution in [3.63, 3.8) is 0 Å². The Hall–Kier alpha value is -0.890. The molecule has 0 unspecified atom stereocenters. The van der Waals surface area contributed by atoms with Crippen molar-refractivity contribution >= 4 is 10.0 Å². The maximum atomic E-state index is 12.3. The van der Waals surface area contributed by atoms with Crippen LogP contribution in [0, 0.1) is 6.92 Å². The van der Waals surface area contributed by atoms with E-state index in [-0.39, 0.29) is 4.90 Å². The third-order valence-electron chi connectivity index (χ3n) is 3.68. The molecule has 0 spiro atoms. The van der Waals surface area contributed by atoms with E-state index in [4.69, 9.17) is 4.42 Å². The van der Waals surface area contributed by atoms with Gasteiger partial charge in [-0.25, -0.2) is 13.1 Å². The molecule has 0 radical (unpaired) electrons. The first-order chi connectivity index (χ1) is 9.92. The minimum atomic E-state index is -3.50. The number of rotatable bonds is 9. The van der Waals surface area contributed by atoms with Crippen LogP contribution >= 0.6 is 0 Å². The molecule has 21 heavy (non-hydrogen) atoms. The molecule has 120 valence electrons. The van der Waals surface area contributed by atoms with Crippen molar-refractivity contribution in [1.82, 2.24) is 14.9 Å². The zero-order valence-electron chi connectivity index (χ0n) is 13.0. The first kappa shape index (κ1) is 16.5. The fourth-order valence-electron chi connectivity index (χ4n) is 2.02. The normalized spacial score (nSPS) is 15.8. The number of hydrogen-bond acceptors (Lipinski definition) is 5. The molecular formula is C14H25N3O3S. The molecule has 0 aliphatic heterocycles. The van der Waals surface area contributed by atoms with Gasteiger partial charge in [-0.15, -0.1) is 0 Å². The molecule has 0 saturated heterocycles. The van der Waals surface area contributed by atoms with E-state index in [0.29, 0.717) is 37.2 Å². The van der Waals surface area contributed by atoms with E-state index < -0.39 is 10.0 Å². The Morgan fingerprint density at radius 2 is 2.14 bits per heavy atom. The molecular weight excluding hydrogens is 290 g/mol. The SMILES string of the molecule is CCN(C)CCNS(=O)(=O)c1cc(CNC2CC2)oc1C. The summed E-state index contributed by atoms with van der Waals surface area (Å²) in [6.07, 6.45) is 2.38. The maximum Gasteiger partial charge on any atom is 0.244 e. The fraction of sp³-hybridized carbons (Fsp3) is 0.714. The molecule has 1 heterocycles. The highest BCUT2D eigenvalue weighted by atomic mass is 32.2. The molecule has 1 saturated carbocycles. The highest BCUT2D eigenvalue weighted by Gasteiger charge is 2.23. The summed E-state index contributed by atoms with van der Waals surface area (Å²) in [6.45, 7) is 6.28. The minimum Gasteiger partial charge on any atom is -0.464 e. The van der Waals surface area contributed by atoms with E-state index in [1.54, 1.807) is 13.0 Å². The minimum absolute atomic E-state index is 0.245. The fourth-order valence-corrected chi connectivity index (χ4v) is 3.24. The van der Waals surface area contributed by atoms with Crippen LogP contribution in [0.25, 0.3) is 0 Å². The number of sulfonamides is 1. The van der Waals surface area contributed by atoms with Crippen molar-refractivity contribution in [3.05, 3.63) is 17.6 Å². The molecule has 7 heteroatoms. The summed E-state index contributed by atoms with van der Waals surface area (Å²) < 4.78 is 32.7. The van der Waals surface area contributed by atoms with Gasteiger partial charge in [0.1, 0.15) is 16.4 Å². The summed E-state index contributed by atoms with van der Waals surface area (Å²) in [5.74, 6) is 1.12. The van der Waals surface area contributed by atoms with E-state index in [9.17, 15) is 8.42 Å². The van der Waals surface area contributed by atoms with Gasteiger partial charge in [0.2, 0.25) is 10.0 Å². The first-order valence-electron chi connectivity index (χ1n) is 7.43. The lowest BCUT2D eigenvalue weighted by Gasteiger charge is -2.13.